The van der Waals surface area contributed by atoms with E-state index in [4.69, 9.17) is 9.94 Å². The average Bonchev–Trinajstić information content (AvgIpc) is 2.90. The van der Waals surface area contributed by atoms with Crippen LogP contribution in [0.25, 0.3) is 0 Å². The summed E-state index contributed by atoms with van der Waals surface area (Å²) in [5.74, 6) is -0.738. The zero-order valence-electron chi connectivity index (χ0n) is 15.9. The average molecular weight is 410 g/mol. The van der Waals surface area contributed by atoms with Crippen LogP contribution in [0, 0.1) is 5.82 Å². The van der Waals surface area contributed by atoms with Gasteiger partial charge in [0, 0.05) is 26.6 Å². The molecule has 2 fully saturated rings. The number of anilines is 2. The quantitative estimate of drug-likeness (QED) is 0.407. The van der Waals surface area contributed by atoms with E-state index in [1.54, 1.807) is 22.5 Å². The number of urea groups is 1. The van der Waals surface area contributed by atoms with E-state index in [1.807, 2.05) is 0 Å². The highest BCUT2D eigenvalue weighted by Crippen LogP contribution is 2.28. The molecular weight excluding hydrogens is 387 g/mol. The zero-order chi connectivity index (χ0) is 21.0. The Morgan fingerprint density at radius 2 is 2.14 bits per heavy atom. The minimum absolute atomic E-state index is 0.191. The predicted molar refractivity (Wildman–Crippen MR) is 99.9 cm³/mol. The fourth-order valence-corrected chi connectivity index (χ4v) is 3.22. The monoisotopic (exact) mass is 410 g/mol. The number of ether oxygens (including phenoxy) is 1. The van der Waals surface area contributed by atoms with Gasteiger partial charge in [-0.05, 0) is 18.2 Å². The van der Waals surface area contributed by atoms with Gasteiger partial charge in [0.1, 0.15) is 11.9 Å². The number of hydroxylamine groups is 1. The van der Waals surface area contributed by atoms with Crippen molar-refractivity contribution in [2.75, 3.05) is 49.1 Å². The number of carbonyl (C=O) groups excluding carboxylic acids is 3. The van der Waals surface area contributed by atoms with Gasteiger partial charge in [-0.2, -0.15) is 0 Å². The van der Waals surface area contributed by atoms with Gasteiger partial charge >= 0.3 is 12.1 Å². The first-order chi connectivity index (χ1) is 13.9. The number of benzene rings is 1. The normalized spacial score (nSPS) is 19.6. The van der Waals surface area contributed by atoms with Crippen molar-refractivity contribution in [2.24, 2.45) is 0 Å². The molecule has 0 radical (unpaired) electrons. The molecule has 3 rings (SSSR count). The molecule has 29 heavy (non-hydrogen) atoms. The van der Waals surface area contributed by atoms with E-state index in [1.165, 1.54) is 22.9 Å². The summed E-state index contributed by atoms with van der Waals surface area (Å²) in [6, 6.07) is 3.76. The van der Waals surface area contributed by atoms with Gasteiger partial charge in [0.25, 0.3) is 0 Å². The van der Waals surface area contributed by atoms with Crippen LogP contribution in [-0.4, -0.2) is 73.6 Å². The summed E-state index contributed by atoms with van der Waals surface area (Å²) in [4.78, 5) is 37.7. The van der Waals surface area contributed by atoms with E-state index in [0.717, 1.165) is 0 Å². The fraction of sp³-hybridized carbons (Fsp3) is 0.471. The molecule has 158 valence electrons. The molecule has 12 heteroatoms. The molecule has 2 saturated heterocycles. The molecule has 2 aliphatic heterocycles. The number of rotatable bonds is 4. The molecule has 0 bridgehead atoms. The van der Waals surface area contributed by atoms with Crippen molar-refractivity contribution < 1.29 is 28.7 Å². The third kappa shape index (κ3) is 4.84. The van der Waals surface area contributed by atoms with Crippen molar-refractivity contribution in [3.05, 3.63) is 24.0 Å². The summed E-state index contributed by atoms with van der Waals surface area (Å²) in [5.41, 5.74) is 5.08. The molecule has 11 nitrogen and oxygen atoms in total. The Bertz CT molecular complexity index is 794. The van der Waals surface area contributed by atoms with Crippen molar-refractivity contribution >= 4 is 29.4 Å². The Balaban J connectivity index is 1.66. The molecule has 0 unspecified atom stereocenters. The minimum atomic E-state index is -0.691. The first-order valence-corrected chi connectivity index (χ1v) is 9.11. The SMILES string of the molecule is CC(=O)NC[C@H]1CN(c2ccc(N3CCNN(C(=O)NO)CC3)c(F)c2)C(=O)O1. The largest absolute Gasteiger partial charge is 0.442 e. The number of halogens is 1. The van der Waals surface area contributed by atoms with Crippen LogP contribution in [0.3, 0.4) is 0 Å². The maximum absolute atomic E-state index is 14.8. The van der Waals surface area contributed by atoms with Gasteiger partial charge in [-0.3, -0.25) is 19.9 Å². The number of nitrogens with zero attached hydrogens (tertiary/aromatic N) is 3. The minimum Gasteiger partial charge on any atom is -0.442 e. The van der Waals surface area contributed by atoms with Gasteiger partial charge in [0.2, 0.25) is 5.91 Å². The highest BCUT2D eigenvalue weighted by molar-refractivity contribution is 5.90. The molecule has 0 aliphatic carbocycles. The van der Waals surface area contributed by atoms with Crippen LogP contribution in [0.15, 0.2) is 18.2 Å². The second kappa shape index (κ2) is 8.92. The highest BCUT2D eigenvalue weighted by Gasteiger charge is 2.33. The van der Waals surface area contributed by atoms with Crippen LogP contribution in [0.5, 0.6) is 0 Å². The standard InChI is InChI=1S/C17H23FN6O5/c1-11(25)19-9-13-10-23(17(27)29-13)12-2-3-15(14(18)8-12)22-5-4-20-24(7-6-22)16(26)21-28/h2-3,8,13,20,28H,4-7,9-10H2,1H3,(H,19,25)(H,21,26)/t13-/m0/s1. The van der Waals surface area contributed by atoms with Crippen molar-refractivity contribution in [3.63, 3.8) is 0 Å². The maximum atomic E-state index is 14.8. The van der Waals surface area contributed by atoms with Crippen LogP contribution in [-0.2, 0) is 9.53 Å². The smallest absolute Gasteiger partial charge is 0.414 e. The Morgan fingerprint density at radius 3 is 2.83 bits per heavy atom. The number of hydrogen-bond acceptors (Lipinski definition) is 7. The van der Waals surface area contributed by atoms with E-state index < -0.39 is 24.0 Å². The molecule has 4 amide bonds. The van der Waals surface area contributed by atoms with Gasteiger partial charge in [-0.25, -0.2) is 24.9 Å². The molecule has 0 aromatic heterocycles. The number of cyclic esters (lactones) is 1. The molecule has 1 aromatic carbocycles. The third-order valence-electron chi connectivity index (χ3n) is 4.66. The Hall–Kier alpha value is -3.12. The van der Waals surface area contributed by atoms with Crippen molar-refractivity contribution in [2.45, 2.75) is 13.0 Å². The lowest BCUT2D eigenvalue weighted by Gasteiger charge is -2.24. The van der Waals surface area contributed by atoms with Crippen LogP contribution in [0.2, 0.25) is 0 Å². The van der Waals surface area contributed by atoms with Gasteiger partial charge in [0.15, 0.2) is 0 Å². The van der Waals surface area contributed by atoms with Crippen LogP contribution >= 0.6 is 0 Å². The van der Waals surface area contributed by atoms with Crippen molar-refractivity contribution in [1.82, 2.24) is 21.2 Å². The zero-order valence-corrected chi connectivity index (χ0v) is 15.9. The lowest BCUT2D eigenvalue weighted by molar-refractivity contribution is -0.119. The lowest BCUT2D eigenvalue weighted by Crippen LogP contribution is -2.48. The van der Waals surface area contributed by atoms with Gasteiger partial charge in [-0.1, -0.05) is 0 Å². The number of hydrazine groups is 1. The Kier molecular flexibility index (Phi) is 6.34. The summed E-state index contributed by atoms with van der Waals surface area (Å²) < 4.78 is 20.0. The van der Waals surface area contributed by atoms with Gasteiger partial charge < -0.3 is 15.0 Å². The summed E-state index contributed by atoms with van der Waals surface area (Å²) in [6.07, 6.45) is -1.10. The second-order valence-corrected chi connectivity index (χ2v) is 6.65. The number of hydrogen-bond donors (Lipinski definition) is 4. The number of amides is 4. The predicted octanol–water partition coefficient (Wildman–Crippen LogP) is 0.0124. The molecule has 0 spiro atoms. The summed E-state index contributed by atoms with van der Waals surface area (Å²) in [6.45, 7) is 3.16. The highest BCUT2D eigenvalue weighted by atomic mass is 19.1. The van der Waals surface area contributed by atoms with Crippen LogP contribution < -0.4 is 26.0 Å². The second-order valence-electron chi connectivity index (χ2n) is 6.65. The maximum Gasteiger partial charge on any atom is 0.414 e. The van der Waals surface area contributed by atoms with E-state index in [-0.39, 0.29) is 25.5 Å². The molecule has 2 aliphatic rings. The summed E-state index contributed by atoms with van der Waals surface area (Å²) >= 11 is 0. The van der Waals surface area contributed by atoms with Gasteiger partial charge in [-0.15, -0.1) is 0 Å². The molecule has 2 heterocycles. The molecule has 0 saturated carbocycles. The summed E-state index contributed by atoms with van der Waals surface area (Å²) in [5, 5.41) is 12.5. The third-order valence-corrected chi connectivity index (χ3v) is 4.66. The number of carbonyl (C=O) groups is 3. The molecule has 4 N–H and O–H groups in total. The Morgan fingerprint density at radius 1 is 1.34 bits per heavy atom. The van der Waals surface area contributed by atoms with Crippen molar-refractivity contribution in [3.8, 4) is 0 Å². The topological polar surface area (TPSA) is 126 Å². The number of nitrogens with one attached hydrogen (secondary N) is 3. The van der Waals surface area contributed by atoms with Gasteiger partial charge in [0.05, 0.1) is 31.0 Å². The Labute approximate surface area is 166 Å². The van der Waals surface area contributed by atoms with E-state index in [0.29, 0.717) is 31.0 Å². The fourth-order valence-electron chi connectivity index (χ4n) is 3.22. The molecule has 1 aromatic rings. The van der Waals surface area contributed by atoms with E-state index in [9.17, 15) is 18.8 Å². The first-order valence-electron chi connectivity index (χ1n) is 9.11. The van der Waals surface area contributed by atoms with E-state index in [2.05, 4.69) is 10.7 Å². The first kappa shape index (κ1) is 20.6. The van der Waals surface area contributed by atoms with Crippen LogP contribution in [0.1, 0.15) is 6.92 Å². The lowest BCUT2D eigenvalue weighted by atomic mass is 10.2. The summed E-state index contributed by atoms with van der Waals surface area (Å²) in [7, 11) is 0. The van der Waals surface area contributed by atoms with Crippen molar-refractivity contribution in [1.29, 1.82) is 0 Å². The molecular formula is C17H23FN6O5. The van der Waals surface area contributed by atoms with E-state index >= 15 is 0 Å². The van der Waals surface area contributed by atoms with Crippen LogP contribution in [0.4, 0.5) is 25.4 Å². The molecule has 1 atom stereocenters.